The Bertz CT molecular complexity index is 615. The molecule has 3 N–H and O–H groups in total. The summed E-state index contributed by atoms with van der Waals surface area (Å²) in [4.78, 5) is 4.55. The number of nitrogens with two attached hydrogens (primary N) is 1. The van der Waals surface area contributed by atoms with E-state index in [9.17, 15) is 4.39 Å². The van der Waals surface area contributed by atoms with E-state index in [4.69, 9.17) is 18.0 Å². The molecule has 0 radical (unpaired) electrons. The molecule has 0 amide bonds. The third-order valence-electron chi connectivity index (χ3n) is 3.02. The average molecular weight is 289 g/mol. The monoisotopic (exact) mass is 289 g/mol. The Labute approximate surface area is 123 Å². The van der Waals surface area contributed by atoms with Crippen molar-refractivity contribution in [3.63, 3.8) is 0 Å². The SMILES string of the molecule is Cc1cc(CNc2ccc(C(N)=S)cn2)cc(C)c1F. The predicted octanol–water partition coefficient (Wildman–Crippen LogP) is 3.08. The van der Waals surface area contributed by atoms with Gasteiger partial charge in [-0.05, 0) is 42.7 Å². The number of halogens is 1. The molecule has 0 bridgehead atoms. The Hall–Kier alpha value is -2.01. The van der Waals surface area contributed by atoms with E-state index in [1.807, 2.05) is 24.3 Å². The first-order valence-corrected chi connectivity index (χ1v) is 6.63. The Kier molecular flexibility index (Phi) is 4.29. The lowest BCUT2D eigenvalue weighted by molar-refractivity contribution is 0.608. The zero-order chi connectivity index (χ0) is 14.7. The maximum absolute atomic E-state index is 13.5. The van der Waals surface area contributed by atoms with E-state index in [1.54, 1.807) is 20.0 Å². The molecule has 0 spiro atoms. The molecule has 0 saturated heterocycles. The molecular formula is C15H16FN3S. The molecule has 0 saturated carbocycles. The number of pyridine rings is 1. The van der Waals surface area contributed by atoms with Gasteiger partial charge in [0, 0.05) is 18.3 Å². The standard InChI is InChI=1S/C15H16FN3S/c1-9-5-11(6-10(2)14(9)16)7-18-13-4-3-12(8-19-13)15(17)20/h3-6,8H,7H2,1-2H3,(H2,17,20)(H,18,19). The van der Waals surface area contributed by atoms with Crippen molar-refractivity contribution in [1.29, 1.82) is 0 Å². The van der Waals surface area contributed by atoms with Gasteiger partial charge in [0.2, 0.25) is 0 Å². The number of rotatable bonds is 4. The smallest absolute Gasteiger partial charge is 0.129 e. The summed E-state index contributed by atoms with van der Waals surface area (Å²) in [6, 6.07) is 7.30. The molecule has 3 nitrogen and oxygen atoms in total. The average Bonchev–Trinajstić information content (AvgIpc) is 2.42. The fourth-order valence-corrected chi connectivity index (χ4v) is 2.10. The highest BCUT2D eigenvalue weighted by Gasteiger charge is 2.04. The zero-order valence-corrected chi connectivity index (χ0v) is 12.2. The molecule has 0 atom stereocenters. The van der Waals surface area contributed by atoms with E-state index in [0.717, 1.165) is 16.9 Å². The molecule has 0 aliphatic heterocycles. The molecule has 0 fully saturated rings. The number of hydrogen-bond acceptors (Lipinski definition) is 3. The van der Waals surface area contributed by atoms with Crippen molar-refractivity contribution in [3.8, 4) is 0 Å². The fraction of sp³-hybridized carbons (Fsp3) is 0.200. The third-order valence-corrected chi connectivity index (χ3v) is 3.25. The Morgan fingerprint density at radius 1 is 1.30 bits per heavy atom. The van der Waals surface area contributed by atoms with Gasteiger partial charge in [0.05, 0.1) is 0 Å². The van der Waals surface area contributed by atoms with Crippen LogP contribution in [0.15, 0.2) is 30.5 Å². The van der Waals surface area contributed by atoms with Crippen molar-refractivity contribution in [2.45, 2.75) is 20.4 Å². The molecular weight excluding hydrogens is 273 g/mol. The van der Waals surface area contributed by atoms with Crippen LogP contribution in [0.3, 0.4) is 0 Å². The number of nitrogens with one attached hydrogen (secondary N) is 1. The fourth-order valence-electron chi connectivity index (χ4n) is 1.97. The van der Waals surface area contributed by atoms with Gasteiger partial charge in [0.1, 0.15) is 16.6 Å². The van der Waals surface area contributed by atoms with Crippen LogP contribution in [-0.4, -0.2) is 9.97 Å². The van der Waals surface area contributed by atoms with E-state index >= 15 is 0 Å². The molecule has 2 aromatic rings. The number of anilines is 1. The Morgan fingerprint density at radius 3 is 2.45 bits per heavy atom. The van der Waals surface area contributed by atoms with Crippen molar-refractivity contribution in [2.24, 2.45) is 5.73 Å². The van der Waals surface area contributed by atoms with Crippen LogP contribution in [0.1, 0.15) is 22.3 Å². The van der Waals surface area contributed by atoms with Crippen LogP contribution in [0, 0.1) is 19.7 Å². The van der Waals surface area contributed by atoms with Crippen molar-refractivity contribution >= 4 is 23.0 Å². The zero-order valence-electron chi connectivity index (χ0n) is 11.4. The van der Waals surface area contributed by atoms with E-state index < -0.39 is 0 Å². The highest BCUT2D eigenvalue weighted by atomic mass is 32.1. The van der Waals surface area contributed by atoms with Gasteiger partial charge in [-0.15, -0.1) is 0 Å². The van der Waals surface area contributed by atoms with Gasteiger partial charge in [0.25, 0.3) is 0 Å². The van der Waals surface area contributed by atoms with Crippen LogP contribution < -0.4 is 11.1 Å². The maximum atomic E-state index is 13.5. The van der Waals surface area contributed by atoms with Crippen molar-refractivity contribution < 1.29 is 4.39 Å². The molecule has 1 aromatic carbocycles. The lowest BCUT2D eigenvalue weighted by Crippen LogP contribution is -2.10. The number of thiocarbonyl (C=S) groups is 1. The van der Waals surface area contributed by atoms with Gasteiger partial charge < -0.3 is 11.1 Å². The van der Waals surface area contributed by atoms with Gasteiger partial charge >= 0.3 is 0 Å². The summed E-state index contributed by atoms with van der Waals surface area (Å²) in [7, 11) is 0. The summed E-state index contributed by atoms with van der Waals surface area (Å²) in [6.45, 7) is 4.11. The molecule has 5 heteroatoms. The molecule has 1 aromatic heterocycles. The summed E-state index contributed by atoms with van der Waals surface area (Å²) in [5.74, 6) is 0.581. The van der Waals surface area contributed by atoms with Crippen molar-refractivity contribution in [3.05, 3.63) is 58.5 Å². The molecule has 0 aliphatic carbocycles. The van der Waals surface area contributed by atoms with E-state index in [-0.39, 0.29) is 5.82 Å². The lowest BCUT2D eigenvalue weighted by atomic mass is 10.1. The Balaban J connectivity index is 2.07. The Morgan fingerprint density at radius 2 is 1.95 bits per heavy atom. The summed E-state index contributed by atoms with van der Waals surface area (Å²) in [6.07, 6.45) is 1.63. The number of aryl methyl sites for hydroxylation is 2. The van der Waals surface area contributed by atoms with E-state index in [1.165, 1.54) is 0 Å². The summed E-state index contributed by atoms with van der Waals surface area (Å²) in [5.41, 5.74) is 8.57. The summed E-state index contributed by atoms with van der Waals surface area (Å²) in [5, 5.41) is 3.18. The van der Waals surface area contributed by atoms with Gasteiger partial charge in [-0.2, -0.15) is 0 Å². The minimum atomic E-state index is -0.146. The molecule has 1 heterocycles. The predicted molar refractivity (Wildman–Crippen MR) is 83.3 cm³/mol. The highest BCUT2D eigenvalue weighted by molar-refractivity contribution is 7.80. The quantitative estimate of drug-likeness (QED) is 0.849. The van der Waals surface area contributed by atoms with Gasteiger partial charge in [-0.25, -0.2) is 9.37 Å². The highest BCUT2D eigenvalue weighted by Crippen LogP contribution is 2.16. The van der Waals surface area contributed by atoms with Crippen molar-refractivity contribution in [1.82, 2.24) is 4.98 Å². The first-order chi connectivity index (χ1) is 9.47. The number of hydrogen-bond donors (Lipinski definition) is 2. The maximum Gasteiger partial charge on any atom is 0.129 e. The number of nitrogens with zero attached hydrogens (tertiary/aromatic N) is 1. The second kappa shape index (κ2) is 5.96. The minimum absolute atomic E-state index is 0.146. The lowest BCUT2D eigenvalue weighted by Gasteiger charge is -2.09. The van der Waals surface area contributed by atoms with Crippen LogP contribution in [0.5, 0.6) is 0 Å². The van der Waals surface area contributed by atoms with Gasteiger partial charge in [0.15, 0.2) is 0 Å². The number of aromatic nitrogens is 1. The minimum Gasteiger partial charge on any atom is -0.389 e. The van der Waals surface area contributed by atoms with Gasteiger partial charge in [-0.3, -0.25) is 0 Å². The molecule has 0 unspecified atom stereocenters. The topological polar surface area (TPSA) is 50.9 Å². The van der Waals surface area contributed by atoms with Crippen LogP contribution in [0.2, 0.25) is 0 Å². The first-order valence-electron chi connectivity index (χ1n) is 6.22. The van der Waals surface area contributed by atoms with Crippen LogP contribution >= 0.6 is 12.2 Å². The normalized spacial score (nSPS) is 10.3. The summed E-state index contributed by atoms with van der Waals surface area (Å²) < 4.78 is 13.5. The van der Waals surface area contributed by atoms with Crippen molar-refractivity contribution in [2.75, 3.05) is 5.32 Å². The van der Waals surface area contributed by atoms with Crippen LogP contribution in [-0.2, 0) is 6.54 Å². The van der Waals surface area contributed by atoms with Gasteiger partial charge in [-0.1, -0.05) is 24.4 Å². The second-order valence-corrected chi connectivity index (χ2v) is 5.13. The van der Waals surface area contributed by atoms with E-state index in [0.29, 0.717) is 22.7 Å². The van der Waals surface area contributed by atoms with E-state index in [2.05, 4.69) is 10.3 Å². The molecule has 2 rings (SSSR count). The molecule has 104 valence electrons. The molecule has 0 aliphatic rings. The largest absolute Gasteiger partial charge is 0.389 e. The number of benzene rings is 1. The first kappa shape index (κ1) is 14.4. The molecule has 20 heavy (non-hydrogen) atoms. The van der Waals surface area contributed by atoms with Crippen LogP contribution in [0.4, 0.5) is 10.2 Å². The summed E-state index contributed by atoms with van der Waals surface area (Å²) >= 11 is 4.87. The third kappa shape index (κ3) is 3.30. The van der Waals surface area contributed by atoms with Crippen LogP contribution in [0.25, 0.3) is 0 Å². The second-order valence-electron chi connectivity index (χ2n) is 4.69.